The summed E-state index contributed by atoms with van der Waals surface area (Å²) >= 11 is 8.30. The highest BCUT2D eigenvalue weighted by Gasteiger charge is 2.10. The summed E-state index contributed by atoms with van der Waals surface area (Å²) in [5.41, 5.74) is 0. The van der Waals surface area contributed by atoms with E-state index in [0.29, 0.717) is 0 Å². The predicted octanol–water partition coefficient (Wildman–Crippen LogP) is 2.81. The smallest absolute Gasteiger partial charge is 0.177 e. The second kappa shape index (κ2) is 6.51. The molecule has 1 aliphatic heterocycles. The van der Waals surface area contributed by atoms with Gasteiger partial charge in [0.05, 0.1) is 5.84 Å². The van der Waals surface area contributed by atoms with Crippen molar-refractivity contribution in [1.82, 2.24) is 15.1 Å². The lowest BCUT2D eigenvalue weighted by atomic mass is 10.2. The zero-order valence-electron chi connectivity index (χ0n) is 9.81. The van der Waals surface area contributed by atoms with Crippen LogP contribution in [0.5, 0.6) is 0 Å². The van der Waals surface area contributed by atoms with Crippen molar-refractivity contribution >= 4 is 41.2 Å². The Hall–Kier alpha value is -0.400. The Morgan fingerprint density at radius 1 is 1.59 bits per heavy atom. The lowest BCUT2D eigenvalue weighted by molar-refractivity contribution is 0.455. The maximum Gasteiger partial charge on any atom is 0.177 e. The molecule has 0 aliphatic carbocycles. The van der Waals surface area contributed by atoms with Crippen molar-refractivity contribution < 1.29 is 0 Å². The van der Waals surface area contributed by atoms with Crippen LogP contribution in [0, 0.1) is 3.95 Å². The normalized spacial score (nSPS) is 16.1. The molecule has 0 saturated carbocycles. The molecule has 0 unspecified atom stereocenters. The first-order valence-electron chi connectivity index (χ1n) is 5.68. The average Bonchev–Trinajstić information content (AvgIpc) is 2.73. The fourth-order valence-electron chi connectivity index (χ4n) is 1.70. The lowest BCUT2D eigenvalue weighted by Crippen LogP contribution is -2.31. The highest BCUT2D eigenvalue weighted by Crippen LogP contribution is 2.21. The molecule has 0 fully saturated rings. The van der Waals surface area contributed by atoms with Crippen LogP contribution in [0.2, 0.25) is 0 Å². The van der Waals surface area contributed by atoms with Crippen molar-refractivity contribution in [2.24, 2.45) is 4.99 Å². The van der Waals surface area contributed by atoms with E-state index in [4.69, 9.17) is 12.2 Å². The van der Waals surface area contributed by atoms with E-state index >= 15 is 0 Å². The Bertz CT molecular complexity index is 437. The van der Waals surface area contributed by atoms with Crippen LogP contribution in [0.3, 0.4) is 0 Å². The van der Waals surface area contributed by atoms with Crippen molar-refractivity contribution in [3.63, 3.8) is 0 Å². The highest BCUT2D eigenvalue weighted by atomic mass is 32.2. The Labute approximate surface area is 115 Å². The quantitative estimate of drug-likeness (QED) is 0.514. The fourth-order valence-corrected chi connectivity index (χ4v) is 3.79. The summed E-state index contributed by atoms with van der Waals surface area (Å²) in [6, 6.07) is 0. The van der Waals surface area contributed by atoms with Crippen LogP contribution < -0.4 is 0 Å². The summed E-state index contributed by atoms with van der Waals surface area (Å²) in [6.07, 6.45) is 3.39. The molecule has 0 saturated heterocycles. The number of H-pyrrole nitrogens is 1. The zero-order chi connectivity index (χ0) is 12.1. The molecule has 1 aliphatic rings. The van der Waals surface area contributed by atoms with Crippen molar-refractivity contribution in [1.29, 1.82) is 0 Å². The number of rotatable bonds is 5. The molecule has 1 aromatic heterocycles. The van der Waals surface area contributed by atoms with E-state index in [1.807, 2.05) is 0 Å². The molecule has 7 heteroatoms. The molecule has 0 bridgehead atoms. The van der Waals surface area contributed by atoms with Gasteiger partial charge < -0.3 is 4.90 Å². The van der Waals surface area contributed by atoms with Crippen molar-refractivity contribution in [2.75, 3.05) is 25.9 Å². The minimum atomic E-state index is 0.754. The average molecular weight is 288 g/mol. The van der Waals surface area contributed by atoms with Crippen molar-refractivity contribution in [2.45, 2.75) is 23.6 Å². The topological polar surface area (TPSA) is 44.3 Å². The van der Waals surface area contributed by atoms with Crippen molar-refractivity contribution in [3.8, 4) is 0 Å². The largest absolute Gasteiger partial charge is 0.363 e. The summed E-state index contributed by atoms with van der Waals surface area (Å²) in [5, 5.41) is 6.92. The van der Waals surface area contributed by atoms with E-state index in [1.165, 1.54) is 12.3 Å². The number of aromatic amines is 1. The third kappa shape index (κ3) is 4.08. The van der Waals surface area contributed by atoms with E-state index in [9.17, 15) is 0 Å². The van der Waals surface area contributed by atoms with E-state index in [-0.39, 0.29) is 0 Å². The molecule has 0 radical (unpaired) electrons. The van der Waals surface area contributed by atoms with E-state index in [1.54, 1.807) is 23.1 Å². The van der Waals surface area contributed by atoms with Crippen LogP contribution >= 0.6 is 35.3 Å². The number of thioether (sulfide) groups is 1. The Kier molecular flexibility index (Phi) is 4.99. The second-order valence-electron chi connectivity index (χ2n) is 3.90. The molecule has 1 N–H and O–H groups in total. The maximum absolute atomic E-state index is 4.99. The maximum atomic E-state index is 4.99. The van der Waals surface area contributed by atoms with Gasteiger partial charge in [0.15, 0.2) is 8.29 Å². The third-order valence-corrected chi connectivity index (χ3v) is 4.89. The summed E-state index contributed by atoms with van der Waals surface area (Å²) in [7, 11) is 2.13. The van der Waals surface area contributed by atoms with Gasteiger partial charge in [-0.05, 0) is 25.1 Å². The van der Waals surface area contributed by atoms with Gasteiger partial charge in [-0.1, -0.05) is 23.1 Å². The number of hydrogen-bond donors (Lipinski definition) is 1. The minimum Gasteiger partial charge on any atom is -0.363 e. The number of aliphatic imine (C=N–C) groups is 1. The van der Waals surface area contributed by atoms with E-state index in [2.05, 4.69) is 27.1 Å². The van der Waals surface area contributed by atoms with Crippen LogP contribution in [-0.2, 0) is 0 Å². The number of nitrogens with one attached hydrogen (secondary N) is 1. The predicted molar refractivity (Wildman–Crippen MR) is 76.8 cm³/mol. The first-order chi connectivity index (χ1) is 8.25. The zero-order valence-corrected chi connectivity index (χ0v) is 12.3. The van der Waals surface area contributed by atoms with Crippen molar-refractivity contribution in [3.05, 3.63) is 3.95 Å². The Balaban J connectivity index is 1.69. The second-order valence-corrected chi connectivity index (χ2v) is 6.91. The van der Waals surface area contributed by atoms with Gasteiger partial charge in [-0.25, -0.2) is 0 Å². The van der Waals surface area contributed by atoms with Crippen LogP contribution in [0.1, 0.15) is 19.3 Å². The number of nitrogens with zero attached hydrogens (tertiary/aromatic N) is 3. The number of amidine groups is 1. The molecule has 4 nitrogen and oxygen atoms in total. The van der Waals surface area contributed by atoms with Crippen LogP contribution in [0.4, 0.5) is 0 Å². The van der Waals surface area contributed by atoms with Gasteiger partial charge in [-0.2, -0.15) is 5.10 Å². The molecule has 2 rings (SSSR count). The van der Waals surface area contributed by atoms with E-state index < -0.39 is 0 Å². The molecular weight excluding hydrogens is 272 g/mol. The highest BCUT2D eigenvalue weighted by molar-refractivity contribution is 8.01. The van der Waals surface area contributed by atoms with Gasteiger partial charge in [0.1, 0.15) is 0 Å². The van der Waals surface area contributed by atoms with Gasteiger partial charge >= 0.3 is 0 Å². The Morgan fingerprint density at radius 2 is 2.47 bits per heavy atom. The summed E-state index contributed by atoms with van der Waals surface area (Å²) in [6.45, 7) is 2.14. The third-order valence-electron chi connectivity index (χ3n) is 2.58. The molecule has 0 amide bonds. The van der Waals surface area contributed by atoms with Gasteiger partial charge in [0, 0.05) is 32.3 Å². The summed E-state index contributed by atoms with van der Waals surface area (Å²) in [4.78, 5) is 6.83. The lowest BCUT2D eigenvalue weighted by Gasteiger charge is -2.24. The Morgan fingerprint density at radius 3 is 3.18 bits per heavy atom. The molecule has 0 atom stereocenters. The summed E-state index contributed by atoms with van der Waals surface area (Å²) in [5.74, 6) is 2.33. The van der Waals surface area contributed by atoms with E-state index in [0.717, 1.165) is 40.0 Å². The number of hydrogen-bond acceptors (Lipinski definition) is 6. The molecule has 94 valence electrons. The molecule has 0 aromatic carbocycles. The minimum absolute atomic E-state index is 0.754. The standard InChI is InChI=1S/C10H16N4S3/c1-14-6-3-5-11-8(14)4-2-7-16-10-13-12-9(15)17-10/h2-7H2,1H3,(H,12,15). The molecule has 0 spiro atoms. The van der Waals surface area contributed by atoms with Gasteiger partial charge in [0.2, 0.25) is 0 Å². The van der Waals surface area contributed by atoms with Gasteiger partial charge in [-0.3, -0.25) is 10.1 Å². The monoisotopic (exact) mass is 288 g/mol. The first kappa shape index (κ1) is 13.0. The van der Waals surface area contributed by atoms with Gasteiger partial charge in [-0.15, -0.1) is 0 Å². The molecule has 17 heavy (non-hydrogen) atoms. The van der Waals surface area contributed by atoms with Crippen LogP contribution in [0.25, 0.3) is 0 Å². The summed E-state index contributed by atoms with van der Waals surface area (Å²) < 4.78 is 1.79. The molecule has 1 aromatic rings. The van der Waals surface area contributed by atoms with Gasteiger partial charge in [0.25, 0.3) is 0 Å². The molecular formula is C10H16N4S3. The SMILES string of the molecule is CN1CCCN=C1CCCSc1n[nH]c(=S)s1. The molecule has 2 heterocycles. The van der Waals surface area contributed by atoms with Crippen LogP contribution in [0.15, 0.2) is 9.33 Å². The van der Waals surface area contributed by atoms with Crippen LogP contribution in [-0.4, -0.2) is 46.8 Å². The number of aromatic nitrogens is 2. The first-order valence-corrected chi connectivity index (χ1v) is 7.89. The fraction of sp³-hybridized carbons (Fsp3) is 0.700.